The van der Waals surface area contributed by atoms with Crippen molar-refractivity contribution in [3.05, 3.63) is 0 Å². The third-order valence-electron chi connectivity index (χ3n) is 2.96. The van der Waals surface area contributed by atoms with Crippen LogP contribution in [0.25, 0.3) is 0 Å². The first kappa shape index (κ1) is 14.4. The van der Waals surface area contributed by atoms with Gasteiger partial charge in [0.2, 0.25) is 5.91 Å². The maximum Gasteiger partial charge on any atom is 0.237 e. The van der Waals surface area contributed by atoms with E-state index in [1.807, 2.05) is 13.8 Å². The van der Waals surface area contributed by atoms with Crippen LogP contribution in [0.4, 0.5) is 0 Å². The summed E-state index contributed by atoms with van der Waals surface area (Å²) in [5.41, 5.74) is 5.76. The number of hydrogen-bond acceptors (Lipinski definition) is 4. The lowest BCUT2D eigenvalue weighted by Crippen LogP contribution is -2.50. The summed E-state index contributed by atoms with van der Waals surface area (Å²) in [6, 6.07) is -0.226. The second kappa shape index (κ2) is 7.63. The molecule has 1 amide bonds. The molecule has 3 N–H and O–H groups in total. The molecule has 5 nitrogen and oxygen atoms in total. The zero-order valence-corrected chi connectivity index (χ0v) is 10.9. The van der Waals surface area contributed by atoms with Gasteiger partial charge in [-0.2, -0.15) is 0 Å². The number of amides is 1. The zero-order chi connectivity index (χ0) is 12.7. The van der Waals surface area contributed by atoms with Gasteiger partial charge in [0.05, 0.1) is 19.3 Å². The Labute approximate surface area is 104 Å². The van der Waals surface area contributed by atoms with Crippen molar-refractivity contribution in [3.63, 3.8) is 0 Å². The molecule has 0 saturated carbocycles. The molecule has 1 aliphatic rings. The molecule has 2 atom stereocenters. The van der Waals surface area contributed by atoms with Crippen molar-refractivity contribution in [1.29, 1.82) is 0 Å². The minimum Gasteiger partial charge on any atom is -0.379 e. The summed E-state index contributed by atoms with van der Waals surface area (Å²) in [4.78, 5) is 14.0. The Bertz CT molecular complexity index is 230. The first-order valence-electron chi connectivity index (χ1n) is 6.49. The van der Waals surface area contributed by atoms with Crippen LogP contribution in [0.3, 0.4) is 0 Å². The minimum absolute atomic E-state index is 0.0346. The van der Waals surface area contributed by atoms with E-state index in [1.54, 1.807) is 0 Å². The Kier molecular flexibility index (Phi) is 6.47. The quantitative estimate of drug-likeness (QED) is 0.686. The fourth-order valence-corrected chi connectivity index (χ4v) is 2.01. The second-order valence-corrected chi connectivity index (χ2v) is 4.72. The molecule has 0 spiro atoms. The number of nitrogens with zero attached hydrogens (tertiary/aromatic N) is 1. The van der Waals surface area contributed by atoms with Crippen LogP contribution in [0.5, 0.6) is 0 Å². The standard InChI is InChI=1S/C12H25N3O2/c1-3-4-11(13)12(16)14-10(2)9-15-5-7-17-8-6-15/h10-11H,3-9,13H2,1-2H3,(H,14,16)/t10?,11-/m0/s1. The van der Waals surface area contributed by atoms with Gasteiger partial charge in [0.15, 0.2) is 0 Å². The van der Waals surface area contributed by atoms with E-state index in [2.05, 4.69) is 10.2 Å². The molecule has 100 valence electrons. The number of carbonyl (C=O) groups is 1. The summed E-state index contributed by atoms with van der Waals surface area (Å²) in [6.45, 7) is 8.39. The number of morpholine rings is 1. The van der Waals surface area contributed by atoms with E-state index < -0.39 is 0 Å². The van der Waals surface area contributed by atoms with Gasteiger partial charge in [-0.05, 0) is 13.3 Å². The third kappa shape index (κ3) is 5.48. The number of ether oxygens (including phenoxy) is 1. The van der Waals surface area contributed by atoms with E-state index >= 15 is 0 Å². The molecule has 1 saturated heterocycles. The molecule has 17 heavy (non-hydrogen) atoms. The molecule has 1 aliphatic heterocycles. The number of hydrogen-bond donors (Lipinski definition) is 2. The van der Waals surface area contributed by atoms with Crippen molar-refractivity contribution in [2.75, 3.05) is 32.8 Å². The normalized spacial score (nSPS) is 20.9. The van der Waals surface area contributed by atoms with E-state index in [-0.39, 0.29) is 18.0 Å². The van der Waals surface area contributed by atoms with Crippen molar-refractivity contribution in [2.45, 2.75) is 38.8 Å². The van der Waals surface area contributed by atoms with Crippen molar-refractivity contribution < 1.29 is 9.53 Å². The Morgan fingerprint density at radius 1 is 1.47 bits per heavy atom. The molecule has 0 aromatic heterocycles. The van der Waals surface area contributed by atoms with Crippen LogP contribution in [0.15, 0.2) is 0 Å². The van der Waals surface area contributed by atoms with Crippen LogP contribution in [-0.2, 0) is 9.53 Å². The number of carbonyl (C=O) groups excluding carboxylic acids is 1. The monoisotopic (exact) mass is 243 g/mol. The predicted molar refractivity (Wildman–Crippen MR) is 67.7 cm³/mol. The lowest BCUT2D eigenvalue weighted by molar-refractivity contribution is -0.123. The Balaban J connectivity index is 2.23. The smallest absolute Gasteiger partial charge is 0.237 e. The summed E-state index contributed by atoms with van der Waals surface area (Å²) in [5.74, 6) is -0.0346. The molecule has 0 aromatic rings. The van der Waals surface area contributed by atoms with Crippen LogP contribution in [-0.4, -0.2) is 55.7 Å². The molecule has 0 radical (unpaired) electrons. The van der Waals surface area contributed by atoms with Gasteiger partial charge in [0.25, 0.3) is 0 Å². The zero-order valence-electron chi connectivity index (χ0n) is 10.9. The molecule has 5 heteroatoms. The van der Waals surface area contributed by atoms with Gasteiger partial charge < -0.3 is 15.8 Å². The molecular formula is C12H25N3O2. The SMILES string of the molecule is CCC[C@H](N)C(=O)NC(C)CN1CCOCC1. The highest BCUT2D eigenvalue weighted by Gasteiger charge is 2.17. The van der Waals surface area contributed by atoms with E-state index in [0.29, 0.717) is 0 Å². The molecule has 0 bridgehead atoms. The van der Waals surface area contributed by atoms with Gasteiger partial charge in [-0.1, -0.05) is 13.3 Å². The van der Waals surface area contributed by atoms with Crippen LogP contribution in [0.1, 0.15) is 26.7 Å². The maximum atomic E-state index is 11.7. The van der Waals surface area contributed by atoms with Gasteiger partial charge in [-0.25, -0.2) is 0 Å². The van der Waals surface area contributed by atoms with Crippen LogP contribution >= 0.6 is 0 Å². The van der Waals surface area contributed by atoms with E-state index in [9.17, 15) is 4.79 Å². The average molecular weight is 243 g/mol. The third-order valence-corrected chi connectivity index (χ3v) is 2.96. The predicted octanol–water partition coefficient (Wildman–Crippen LogP) is -0.0493. The fraction of sp³-hybridized carbons (Fsp3) is 0.917. The molecule has 1 unspecified atom stereocenters. The summed E-state index contributed by atoms with van der Waals surface area (Å²) in [6.07, 6.45) is 1.68. The van der Waals surface area contributed by atoms with Crippen LogP contribution < -0.4 is 11.1 Å². The highest BCUT2D eigenvalue weighted by Crippen LogP contribution is 1.99. The molecule has 0 aliphatic carbocycles. The summed E-state index contributed by atoms with van der Waals surface area (Å²) >= 11 is 0. The maximum absolute atomic E-state index is 11.7. The van der Waals surface area contributed by atoms with Crippen molar-refractivity contribution in [2.24, 2.45) is 5.73 Å². The Hall–Kier alpha value is -0.650. The average Bonchev–Trinajstić information content (AvgIpc) is 2.30. The molecular weight excluding hydrogens is 218 g/mol. The minimum atomic E-state index is -0.368. The first-order chi connectivity index (χ1) is 8.13. The summed E-state index contributed by atoms with van der Waals surface area (Å²) < 4.78 is 5.28. The number of nitrogens with two attached hydrogens (primary N) is 1. The van der Waals surface area contributed by atoms with Gasteiger partial charge in [-0.15, -0.1) is 0 Å². The second-order valence-electron chi connectivity index (χ2n) is 4.72. The molecule has 1 heterocycles. The van der Waals surface area contributed by atoms with Gasteiger partial charge >= 0.3 is 0 Å². The van der Waals surface area contributed by atoms with Gasteiger partial charge in [0, 0.05) is 25.7 Å². The molecule has 1 fully saturated rings. The van der Waals surface area contributed by atoms with E-state index in [1.165, 1.54) is 0 Å². The topological polar surface area (TPSA) is 67.6 Å². The van der Waals surface area contributed by atoms with Crippen LogP contribution in [0, 0.1) is 0 Å². The first-order valence-corrected chi connectivity index (χ1v) is 6.49. The van der Waals surface area contributed by atoms with Gasteiger partial charge in [0.1, 0.15) is 0 Å². The highest BCUT2D eigenvalue weighted by atomic mass is 16.5. The lowest BCUT2D eigenvalue weighted by atomic mass is 10.1. The van der Waals surface area contributed by atoms with E-state index in [4.69, 9.17) is 10.5 Å². The van der Waals surface area contributed by atoms with Gasteiger partial charge in [-0.3, -0.25) is 9.69 Å². The van der Waals surface area contributed by atoms with Crippen molar-refractivity contribution in [3.8, 4) is 0 Å². The Morgan fingerprint density at radius 2 is 2.12 bits per heavy atom. The molecule has 0 aromatic carbocycles. The van der Waals surface area contributed by atoms with Crippen molar-refractivity contribution >= 4 is 5.91 Å². The van der Waals surface area contributed by atoms with E-state index in [0.717, 1.165) is 45.7 Å². The largest absolute Gasteiger partial charge is 0.379 e. The highest BCUT2D eigenvalue weighted by molar-refractivity contribution is 5.81. The lowest BCUT2D eigenvalue weighted by Gasteiger charge is -2.29. The number of rotatable bonds is 6. The Morgan fingerprint density at radius 3 is 2.71 bits per heavy atom. The summed E-state index contributed by atoms with van der Waals surface area (Å²) in [5, 5.41) is 2.97. The molecule has 1 rings (SSSR count). The number of nitrogens with one attached hydrogen (secondary N) is 1. The fourth-order valence-electron chi connectivity index (χ4n) is 2.01. The van der Waals surface area contributed by atoms with Crippen LogP contribution in [0.2, 0.25) is 0 Å². The van der Waals surface area contributed by atoms with Crippen molar-refractivity contribution in [1.82, 2.24) is 10.2 Å². The summed E-state index contributed by atoms with van der Waals surface area (Å²) in [7, 11) is 0.